The number of pyridine rings is 2. The Bertz CT molecular complexity index is 3330. The lowest BCUT2D eigenvalue weighted by Gasteiger charge is -2.22. The molecule has 9 rings (SSSR count). The van der Waals surface area contributed by atoms with Crippen molar-refractivity contribution in [3.05, 3.63) is 169 Å². The number of ether oxygens (including phenoxy) is 1. The third kappa shape index (κ3) is 8.78. The van der Waals surface area contributed by atoms with Crippen LogP contribution in [-0.2, 0) is 19.1 Å². The summed E-state index contributed by atoms with van der Waals surface area (Å²) < 4.78 is 67.7. The van der Waals surface area contributed by atoms with Gasteiger partial charge in [-0.2, -0.15) is 0 Å². The maximum atomic E-state index is 9.25. The number of imidazole rings is 1. The first-order valence-electron chi connectivity index (χ1n) is 24.2. The largest absolute Gasteiger partial charge is 0.456 e. The molecule has 0 atom stereocenters. The van der Waals surface area contributed by atoms with Gasteiger partial charge in [-0.1, -0.05) is 140 Å². The molecule has 0 bridgehead atoms. The van der Waals surface area contributed by atoms with Gasteiger partial charge in [-0.15, -0.1) is 0 Å². The maximum absolute atomic E-state index is 9.25. The van der Waals surface area contributed by atoms with Crippen molar-refractivity contribution >= 4 is 32.8 Å². The summed E-state index contributed by atoms with van der Waals surface area (Å²) >= 11 is 0. The van der Waals surface area contributed by atoms with Crippen LogP contribution in [0, 0.1) is 22.6 Å². The first-order chi connectivity index (χ1) is 31.9. The van der Waals surface area contributed by atoms with Crippen LogP contribution in [0.4, 0.5) is 0 Å². The Balaban J connectivity index is 1.15. The minimum atomic E-state index is -1.79. The predicted octanol–water partition coefficient (Wildman–Crippen LogP) is 13.8. The minimum Gasteiger partial charge on any atom is -0.456 e. The lowest BCUT2D eigenvalue weighted by atomic mass is 9.84. The molecule has 0 fully saturated rings. The molecule has 62 heavy (non-hydrogen) atoms. The van der Waals surface area contributed by atoms with Gasteiger partial charge in [0.15, 0.2) is 0 Å². The van der Waals surface area contributed by atoms with Crippen molar-refractivity contribution in [2.75, 3.05) is 0 Å². The highest BCUT2D eigenvalue weighted by molar-refractivity contribution is 6.10. The Kier molecular flexibility index (Phi) is 8.66. The zero-order valence-corrected chi connectivity index (χ0v) is 37.0. The first kappa shape index (κ1) is 34.1. The van der Waals surface area contributed by atoms with Gasteiger partial charge in [-0.3, -0.25) is 18.7 Å². The fourth-order valence-corrected chi connectivity index (χ4v) is 8.09. The quantitative estimate of drug-likeness (QED) is 0.108. The second-order valence-electron chi connectivity index (χ2n) is 19.1. The molecule has 5 aromatic carbocycles. The fraction of sp³-hybridized carbons (Fsp3) is 0.268. The molecule has 4 aromatic heterocycles. The molecule has 0 radical (unpaired) electrons. The van der Waals surface area contributed by atoms with Gasteiger partial charge < -0.3 is 4.74 Å². The second kappa shape index (κ2) is 15.7. The average molecular weight is 822 g/mol. The van der Waals surface area contributed by atoms with Gasteiger partial charge in [0, 0.05) is 37.5 Å². The van der Waals surface area contributed by atoms with Gasteiger partial charge in [0.1, 0.15) is 17.3 Å². The summed E-state index contributed by atoms with van der Waals surface area (Å²) in [6.45, 7) is 16.9. The predicted molar refractivity (Wildman–Crippen MR) is 255 cm³/mol. The summed E-state index contributed by atoms with van der Waals surface area (Å²) in [7, 11) is 0. The molecule has 6 heteroatoms. The van der Waals surface area contributed by atoms with Gasteiger partial charge in [-0.05, 0) is 107 Å². The third-order valence-electron chi connectivity index (χ3n) is 10.3. The normalized spacial score (nSPS) is 14.6. The van der Waals surface area contributed by atoms with Crippen molar-refractivity contribution in [1.29, 1.82) is 0 Å². The van der Waals surface area contributed by atoms with Crippen LogP contribution in [0.15, 0.2) is 146 Å². The van der Waals surface area contributed by atoms with Gasteiger partial charge in [0.05, 0.1) is 39.6 Å². The summed E-state index contributed by atoms with van der Waals surface area (Å²) in [6, 6.07) is 41.3. The highest BCUT2D eigenvalue weighted by Gasteiger charge is 2.21. The van der Waals surface area contributed by atoms with E-state index in [0.717, 1.165) is 44.0 Å². The molecule has 0 aliphatic rings. The van der Waals surface area contributed by atoms with E-state index in [0.29, 0.717) is 45.4 Å². The van der Waals surface area contributed by atoms with Crippen LogP contribution < -0.4 is 9.30 Å². The Morgan fingerprint density at radius 1 is 0.581 bits per heavy atom. The highest BCUT2D eigenvalue weighted by atomic mass is 16.5. The first-order valence-corrected chi connectivity index (χ1v) is 21.2. The molecule has 0 aliphatic heterocycles. The van der Waals surface area contributed by atoms with E-state index in [1.54, 1.807) is 30.7 Å². The number of fused-ring (bicyclic) bond motifs is 4. The molecular weight excluding hydrogens is 759 g/mol. The van der Waals surface area contributed by atoms with E-state index in [4.69, 9.17) is 12.5 Å². The van der Waals surface area contributed by atoms with Crippen LogP contribution in [0.3, 0.4) is 0 Å². The summed E-state index contributed by atoms with van der Waals surface area (Å²) in [4.78, 5) is 9.44. The van der Waals surface area contributed by atoms with Gasteiger partial charge in [0.2, 0.25) is 0 Å². The number of aromatic nitrogens is 5. The Hall–Kier alpha value is -6.53. The Morgan fingerprint density at radius 2 is 1.27 bits per heavy atom. The van der Waals surface area contributed by atoms with E-state index in [2.05, 4.69) is 52.3 Å². The van der Waals surface area contributed by atoms with E-state index in [1.807, 2.05) is 150 Å². The van der Waals surface area contributed by atoms with Crippen molar-refractivity contribution in [3.63, 3.8) is 0 Å². The molecule has 4 heterocycles. The van der Waals surface area contributed by atoms with Crippen molar-refractivity contribution in [1.82, 2.24) is 19.1 Å². The van der Waals surface area contributed by atoms with Crippen LogP contribution in [0.5, 0.6) is 11.5 Å². The van der Waals surface area contributed by atoms with Gasteiger partial charge in [-0.25, -0.2) is 4.98 Å². The zero-order chi connectivity index (χ0) is 48.8. The summed E-state index contributed by atoms with van der Waals surface area (Å²) in [5.74, 6) is 1.63. The van der Waals surface area contributed by atoms with Crippen LogP contribution in [0.2, 0.25) is 0 Å². The van der Waals surface area contributed by atoms with E-state index in [9.17, 15) is 5.48 Å². The topological polar surface area (TPSA) is 48.8 Å². The Labute approximate surface area is 374 Å². The number of hydrogen-bond donors (Lipinski definition) is 0. The minimum absolute atomic E-state index is 0.391. The second-order valence-corrected chi connectivity index (χ2v) is 19.1. The lowest BCUT2D eigenvalue weighted by molar-refractivity contribution is -0.572. The highest BCUT2D eigenvalue weighted by Crippen LogP contribution is 2.38. The molecule has 6 nitrogen and oxygen atoms in total. The third-order valence-corrected chi connectivity index (χ3v) is 10.3. The molecule has 0 aliphatic carbocycles. The SMILES string of the molecule is [2H]C([2H])(c1cc(-[n+]2[c-]n(-c3cncc(Oc4ccc5c6cc(-c7ccccc7)ccc6n(-c6cc(C([2H])([2H])C(C)(C)C)ccn6)c5c4)c3)c3ccccc32)cc(C([2H])([2H])C(C)(C)C)c1)C(C)(C)C. The van der Waals surface area contributed by atoms with Crippen LogP contribution in [0.25, 0.3) is 61.2 Å². The number of hydrogen-bond acceptors (Lipinski definition) is 3. The van der Waals surface area contributed by atoms with Gasteiger partial charge >= 0.3 is 0 Å². The molecule has 0 amide bonds. The smallest absolute Gasteiger partial charge is 0.269 e. The monoisotopic (exact) mass is 821 g/mol. The number of para-hydroxylation sites is 2. The van der Waals surface area contributed by atoms with Crippen molar-refractivity contribution in [2.45, 2.75) is 81.4 Å². The molecule has 312 valence electrons. The number of benzene rings is 5. The number of nitrogens with zero attached hydrogens (tertiary/aromatic N) is 5. The number of rotatable bonds is 9. The summed E-state index contributed by atoms with van der Waals surface area (Å²) in [6.07, 6.45) is 3.38. The van der Waals surface area contributed by atoms with E-state index in [1.165, 1.54) is 0 Å². The summed E-state index contributed by atoms with van der Waals surface area (Å²) in [5, 5.41) is 2.01. The molecular formula is C56H57N5O. The molecule has 0 spiro atoms. The zero-order valence-electron chi connectivity index (χ0n) is 43.0. The van der Waals surface area contributed by atoms with Crippen LogP contribution in [-0.4, -0.2) is 19.1 Å². The van der Waals surface area contributed by atoms with Crippen LogP contribution >= 0.6 is 0 Å². The fourth-order valence-electron chi connectivity index (χ4n) is 8.09. The molecule has 0 saturated heterocycles. The van der Waals surface area contributed by atoms with E-state index in [-0.39, 0.29) is 0 Å². The molecule has 0 N–H and O–H groups in total. The average Bonchev–Trinajstić information content (AvgIpc) is 3.84. The lowest BCUT2D eigenvalue weighted by Crippen LogP contribution is -2.30. The van der Waals surface area contributed by atoms with Crippen molar-refractivity contribution in [3.8, 4) is 39.8 Å². The van der Waals surface area contributed by atoms with Crippen LogP contribution in [0.1, 0.15) is 87.2 Å². The molecule has 9 aromatic rings. The maximum Gasteiger partial charge on any atom is 0.269 e. The Morgan fingerprint density at radius 3 is 2.00 bits per heavy atom. The standard InChI is InChI=1S/C56H57N5O/c1-54(2,3)32-38-23-24-58-53(28-38)61-49-22-19-42(41-15-11-10-12-16-41)29-48(49)47-21-20-45(31-52(47)61)62-46-30-44(35-57-36-46)60-37-59(50-17-13-14-18-51(50)60)43-26-39(33-55(4,5)6)25-40(27-43)34-56(7,8)9/h10-31,35-36H,32-34H2,1-9H3/i32D2,33D2,34D2. The van der Waals surface area contributed by atoms with Crippen molar-refractivity contribution < 1.29 is 17.5 Å². The van der Waals surface area contributed by atoms with E-state index >= 15 is 0 Å². The van der Waals surface area contributed by atoms with Crippen molar-refractivity contribution in [2.24, 2.45) is 16.2 Å². The van der Waals surface area contributed by atoms with Gasteiger partial charge in [0.25, 0.3) is 6.33 Å². The van der Waals surface area contributed by atoms with E-state index < -0.39 is 35.4 Å². The summed E-state index contributed by atoms with van der Waals surface area (Å²) in [5.41, 5.74) is 5.91. The molecule has 0 unspecified atom stereocenters. The molecule has 0 saturated carbocycles.